The highest BCUT2D eigenvalue weighted by Gasteiger charge is 2.30. The van der Waals surface area contributed by atoms with Crippen LogP contribution < -0.4 is 0 Å². The molecule has 1 aliphatic heterocycles. The second-order valence-corrected chi connectivity index (χ2v) is 6.27. The Morgan fingerprint density at radius 2 is 1.75 bits per heavy atom. The number of piperidine rings is 1. The van der Waals surface area contributed by atoms with Crippen LogP contribution in [0.25, 0.3) is 0 Å². The van der Waals surface area contributed by atoms with Crippen molar-refractivity contribution in [3.8, 4) is 0 Å². The lowest BCUT2D eigenvalue weighted by Gasteiger charge is -2.40. The van der Waals surface area contributed by atoms with Crippen molar-refractivity contribution in [3.05, 3.63) is 0 Å². The lowest BCUT2D eigenvalue weighted by atomic mass is 9.80. The van der Waals surface area contributed by atoms with Crippen LogP contribution in [0.5, 0.6) is 0 Å². The first kappa shape index (κ1) is 12.4. The zero-order valence-electron chi connectivity index (χ0n) is 10.7. The Bertz CT molecular complexity index is 203. The minimum atomic E-state index is 0.211. The average molecular weight is 225 g/mol. The molecule has 0 atom stereocenters. The maximum absolute atomic E-state index is 9.34. The molecule has 0 aromatic rings. The summed E-state index contributed by atoms with van der Waals surface area (Å²) in [5, 5.41) is 9.34. The van der Waals surface area contributed by atoms with Gasteiger partial charge in [-0.3, -0.25) is 0 Å². The molecule has 0 amide bonds. The van der Waals surface area contributed by atoms with E-state index in [-0.39, 0.29) is 5.41 Å². The maximum atomic E-state index is 9.34. The molecule has 2 fully saturated rings. The summed E-state index contributed by atoms with van der Waals surface area (Å²) in [7, 11) is 0. The van der Waals surface area contributed by atoms with Crippen molar-refractivity contribution in [2.75, 3.05) is 26.2 Å². The van der Waals surface area contributed by atoms with Gasteiger partial charge in [-0.1, -0.05) is 26.2 Å². The smallest absolute Gasteiger partial charge is 0.0485 e. The number of hydrogen-bond acceptors (Lipinski definition) is 2. The normalized spacial score (nSPS) is 28.1. The summed E-state index contributed by atoms with van der Waals surface area (Å²) in [6, 6.07) is 0. The molecule has 0 aromatic heterocycles. The fourth-order valence-corrected chi connectivity index (χ4v) is 3.17. The molecule has 2 heteroatoms. The molecule has 2 nitrogen and oxygen atoms in total. The summed E-state index contributed by atoms with van der Waals surface area (Å²) < 4.78 is 0. The van der Waals surface area contributed by atoms with Crippen LogP contribution in [-0.2, 0) is 0 Å². The Morgan fingerprint density at radius 3 is 2.31 bits per heavy atom. The molecule has 16 heavy (non-hydrogen) atoms. The van der Waals surface area contributed by atoms with E-state index in [1.165, 1.54) is 64.6 Å². The monoisotopic (exact) mass is 225 g/mol. The van der Waals surface area contributed by atoms with E-state index >= 15 is 0 Å². The van der Waals surface area contributed by atoms with Crippen molar-refractivity contribution in [1.29, 1.82) is 0 Å². The molecule has 0 aromatic carbocycles. The first-order chi connectivity index (χ1) is 7.72. The summed E-state index contributed by atoms with van der Waals surface area (Å²) >= 11 is 0. The van der Waals surface area contributed by atoms with Crippen LogP contribution in [0.2, 0.25) is 0 Å². The molecule has 0 bridgehead atoms. The van der Waals surface area contributed by atoms with Gasteiger partial charge in [0.2, 0.25) is 0 Å². The summed E-state index contributed by atoms with van der Waals surface area (Å²) in [4.78, 5) is 2.63. The van der Waals surface area contributed by atoms with Gasteiger partial charge >= 0.3 is 0 Å². The zero-order chi connectivity index (χ0) is 11.4. The number of rotatable bonds is 3. The number of aliphatic hydroxyl groups excluding tert-OH is 1. The van der Waals surface area contributed by atoms with E-state index in [9.17, 15) is 5.11 Å². The van der Waals surface area contributed by atoms with Gasteiger partial charge < -0.3 is 10.0 Å². The first-order valence-corrected chi connectivity index (χ1v) is 7.05. The predicted octanol–water partition coefficient (Wildman–Crippen LogP) is 2.66. The number of likely N-dealkylation sites (tertiary alicyclic amines) is 1. The lowest BCUT2D eigenvalue weighted by molar-refractivity contribution is 0.0494. The molecule has 2 aliphatic rings. The van der Waals surface area contributed by atoms with Crippen molar-refractivity contribution in [1.82, 2.24) is 4.90 Å². The van der Waals surface area contributed by atoms with E-state index in [2.05, 4.69) is 11.8 Å². The van der Waals surface area contributed by atoms with Gasteiger partial charge in [0.05, 0.1) is 0 Å². The molecule has 1 saturated carbocycles. The van der Waals surface area contributed by atoms with Crippen LogP contribution in [0.1, 0.15) is 51.9 Å². The Kier molecular flexibility index (Phi) is 4.26. The van der Waals surface area contributed by atoms with Crippen molar-refractivity contribution in [3.63, 3.8) is 0 Å². The van der Waals surface area contributed by atoms with Gasteiger partial charge in [-0.15, -0.1) is 0 Å². The highest BCUT2D eigenvalue weighted by atomic mass is 16.3. The number of nitrogens with zero attached hydrogens (tertiary/aromatic N) is 1. The third-order valence-electron chi connectivity index (χ3n) is 4.69. The van der Waals surface area contributed by atoms with E-state index in [0.717, 1.165) is 5.92 Å². The maximum Gasteiger partial charge on any atom is 0.0485 e. The second-order valence-electron chi connectivity index (χ2n) is 6.27. The highest BCUT2D eigenvalue weighted by molar-refractivity contribution is 4.83. The largest absolute Gasteiger partial charge is 0.396 e. The molecule has 1 aliphatic carbocycles. The topological polar surface area (TPSA) is 23.5 Å². The summed E-state index contributed by atoms with van der Waals surface area (Å²) in [5.41, 5.74) is 0.211. The highest BCUT2D eigenvalue weighted by Crippen LogP contribution is 2.31. The molecular formula is C14H27NO. The van der Waals surface area contributed by atoms with E-state index < -0.39 is 0 Å². The lowest BCUT2D eigenvalue weighted by Crippen LogP contribution is -2.42. The molecule has 1 N–H and O–H groups in total. The molecule has 0 spiro atoms. The van der Waals surface area contributed by atoms with Gasteiger partial charge in [0.25, 0.3) is 0 Å². The molecule has 0 radical (unpaired) electrons. The van der Waals surface area contributed by atoms with Gasteiger partial charge in [-0.25, -0.2) is 0 Å². The van der Waals surface area contributed by atoms with Gasteiger partial charge in [0.15, 0.2) is 0 Å². The van der Waals surface area contributed by atoms with E-state index in [1.807, 2.05) is 0 Å². The standard InChI is InChI=1S/C14H27NO/c1-14(12-16)7-9-15(10-8-14)11-13-5-3-2-4-6-13/h13,16H,2-12H2,1H3. The Morgan fingerprint density at radius 1 is 1.12 bits per heavy atom. The average Bonchev–Trinajstić information content (AvgIpc) is 2.34. The van der Waals surface area contributed by atoms with Crippen LogP contribution >= 0.6 is 0 Å². The van der Waals surface area contributed by atoms with Crippen molar-refractivity contribution < 1.29 is 5.11 Å². The first-order valence-electron chi connectivity index (χ1n) is 7.05. The van der Waals surface area contributed by atoms with Crippen LogP contribution in [0, 0.1) is 11.3 Å². The second kappa shape index (κ2) is 5.50. The fourth-order valence-electron chi connectivity index (χ4n) is 3.17. The number of hydrogen-bond donors (Lipinski definition) is 1. The van der Waals surface area contributed by atoms with Crippen molar-refractivity contribution >= 4 is 0 Å². The molecule has 94 valence electrons. The molecule has 1 heterocycles. The summed E-state index contributed by atoms with van der Waals surface area (Å²) in [6.07, 6.45) is 9.62. The quantitative estimate of drug-likeness (QED) is 0.798. The minimum Gasteiger partial charge on any atom is -0.396 e. The van der Waals surface area contributed by atoms with E-state index in [1.54, 1.807) is 0 Å². The van der Waals surface area contributed by atoms with Crippen LogP contribution in [0.15, 0.2) is 0 Å². The Balaban J connectivity index is 1.72. The third kappa shape index (κ3) is 3.21. The fraction of sp³-hybridized carbons (Fsp3) is 1.00. The Labute approximate surface area is 100 Å². The summed E-state index contributed by atoms with van der Waals surface area (Å²) in [6.45, 7) is 6.32. The third-order valence-corrected chi connectivity index (χ3v) is 4.69. The molecule has 1 saturated heterocycles. The molecule has 2 rings (SSSR count). The van der Waals surface area contributed by atoms with E-state index in [4.69, 9.17) is 0 Å². The van der Waals surface area contributed by atoms with E-state index in [0.29, 0.717) is 6.61 Å². The van der Waals surface area contributed by atoms with Crippen LogP contribution in [0.3, 0.4) is 0 Å². The van der Waals surface area contributed by atoms with Gasteiger partial charge in [0.1, 0.15) is 0 Å². The van der Waals surface area contributed by atoms with Crippen LogP contribution in [0.4, 0.5) is 0 Å². The minimum absolute atomic E-state index is 0.211. The SMILES string of the molecule is CC1(CO)CCN(CC2CCCCC2)CC1. The van der Waals surface area contributed by atoms with Gasteiger partial charge in [-0.2, -0.15) is 0 Å². The van der Waals surface area contributed by atoms with Crippen molar-refractivity contribution in [2.45, 2.75) is 51.9 Å². The van der Waals surface area contributed by atoms with Gasteiger partial charge in [-0.05, 0) is 50.1 Å². The zero-order valence-corrected chi connectivity index (χ0v) is 10.7. The molecular weight excluding hydrogens is 198 g/mol. The van der Waals surface area contributed by atoms with Crippen molar-refractivity contribution in [2.24, 2.45) is 11.3 Å². The summed E-state index contributed by atoms with van der Waals surface area (Å²) in [5.74, 6) is 0.965. The van der Waals surface area contributed by atoms with Crippen LogP contribution in [-0.4, -0.2) is 36.2 Å². The van der Waals surface area contributed by atoms with Gasteiger partial charge in [0, 0.05) is 13.2 Å². The molecule has 0 unspecified atom stereocenters. The predicted molar refractivity (Wildman–Crippen MR) is 67.4 cm³/mol. The number of aliphatic hydroxyl groups is 1. The Hall–Kier alpha value is -0.0800.